The highest BCUT2D eigenvalue weighted by atomic mass is 16.6. The van der Waals surface area contributed by atoms with E-state index in [2.05, 4.69) is 26.0 Å². The molecular weight excluding hydrogens is 240 g/mol. The molecule has 0 spiro atoms. The van der Waals surface area contributed by atoms with Crippen molar-refractivity contribution < 1.29 is 14.6 Å². The van der Waals surface area contributed by atoms with Gasteiger partial charge in [0.05, 0.1) is 31.5 Å². The van der Waals surface area contributed by atoms with E-state index < -0.39 is 0 Å². The van der Waals surface area contributed by atoms with Gasteiger partial charge >= 0.3 is 0 Å². The molecule has 19 heavy (non-hydrogen) atoms. The fourth-order valence-corrected chi connectivity index (χ4v) is 2.81. The fraction of sp³-hybridized carbons (Fsp3) is 0.625. The smallest absolute Gasteiger partial charge is 0.0867 e. The van der Waals surface area contributed by atoms with Gasteiger partial charge < -0.3 is 14.6 Å². The average Bonchev–Trinajstić information content (AvgIpc) is 2.44. The van der Waals surface area contributed by atoms with Crippen molar-refractivity contribution in [2.24, 2.45) is 11.8 Å². The number of rotatable bonds is 4. The molecule has 0 saturated carbocycles. The van der Waals surface area contributed by atoms with E-state index in [-0.39, 0.29) is 24.9 Å². The Morgan fingerprint density at radius 1 is 1.11 bits per heavy atom. The predicted octanol–water partition coefficient (Wildman–Crippen LogP) is 2.62. The van der Waals surface area contributed by atoms with Crippen LogP contribution in [0.15, 0.2) is 30.3 Å². The molecule has 1 aliphatic heterocycles. The second-order valence-electron chi connectivity index (χ2n) is 5.54. The number of hydrogen-bond donors (Lipinski definition) is 1. The summed E-state index contributed by atoms with van der Waals surface area (Å²) in [5.41, 5.74) is 1.18. The molecule has 1 aliphatic rings. The molecule has 1 saturated heterocycles. The van der Waals surface area contributed by atoms with Crippen molar-refractivity contribution in [2.75, 3.05) is 6.61 Å². The quantitative estimate of drug-likeness (QED) is 0.908. The molecule has 5 atom stereocenters. The topological polar surface area (TPSA) is 38.7 Å². The third-order valence-corrected chi connectivity index (χ3v) is 4.25. The summed E-state index contributed by atoms with van der Waals surface area (Å²) < 4.78 is 11.9. The zero-order valence-corrected chi connectivity index (χ0v) is 12.0. The SMILES string of the molecule is C[C@@H]1OC(CO)[C@@H](C)[C@H](C)C1OCc1ccccc1. The maximum absolute atomic E-state index is 9.33. The van der Waals surface area contributed by atoms with Crippen LogP contribution in [0.1, 0.15) is 26.3 Å². The van der Waals surface area contributed by atoms with Gasteiger partial charge in [-0.3, -0.25) is 0 Å². The molecule has 1 aromatic carbocycles. The number of aliphatic hydroxyl groups excluding tert-OH is 1. The van der Waals surface area contributed by atoms with Crippen LogP contribution in [0.2, 0.25) is 0 Å². The summed E-state index contributed by atoms with van der Waals surface area (Å²) in [7, 11) is 0. The molecule has 1 aromatic rings. The molecular formula is C16H24O3. The number of aliphatic hydroxyl groups is 1. The summed E-state index contributed by atoms with van der Waals surface area (Å²) in [4.78, 5) is 0. The van der Waals surface area contributed by atoms with Gasteiger partial charge in [-0.2, -0.15) is 0 Å². The summed E-state index contributed by atoms with van der Waals surface area (Å²) in [6, 6.07) is 10.2. The third kappa shape index (κ3) is 3.35. The van der Waals surface area contributed by atoms with E-state index >= 15 is 0 Å². The first-order valence-corrected chi connectivity index (χ1v) is 7.05. The summed E-state index contributed by atoms with van der Waals surface area (Å²) in [5.74, 6) is 0.687. The Morgan fingerprint density at radius 3 is 2.42 bits per heavy atom. The van der Waals surface area contributed by atoms with Gasteiger partial charge in [-0.25, -0.2) is 0 Å². The van der Waals surface area contributed by atoms with Gasteiger partial charge in [0.25, 0.3) is 0 Å². The molecule has 0 aromatic heterocycles. The normalized spacial score (nSPS) is 35.3. The van der Waals surface area contributed by atoms with E-state index in [0.717, 1.165) is 0 Å². The van der Waals surface area contributed by atoms with E-state index in [1.807, 2.05) is 25.1 Å². The molecule has 1 N–H and O–H groups in total. The largest absolute Gasteiger partial charge is 0.394 e. The predicted molar refractivity (Wildman–Crippen MR) is 74.8 cm³/mol. The van der Waals surface area contributed by atoms with Crippen molar-refractivity contribution in [1.29, 1.82) is 0 Å². The third-order valence-electron chi connectivity index (χ3n) is 4.25. The summed E-state index contributed by atoms with van der Waals surface area (Å²) in [6.07, 6.45) is 0.0339. The average molecular weight is 264 g/mol. The highest BCUT2D eigenvalue weighted by Gasteiger charge is 2.39. The Kier molecular flexibility index (Phi) is 4.97. The summed E-state index contributed by atoms with van der Waals surface area (Å²) in [6.45, 7) is 7.03. The number of ether oxygens (including phenoxy) is 2. The van der Waals surface area contributed by atoms with E-state index in [4.69, 9.17) is 9.47 Å². The highest BCUT2D eigenvalue weighted by molar-refractivity contribution is 5.13. The molecule has 1 fully saturated rings. The van der Waals surface area contributed by atoms with Crippen LogP contribution in [0.3, 0.4) is 0 Å². The van der Waals surface area contributed by atoms with Gasteiger partial charge in [0.2, 0.25) is 0 Å². The zero-order chi connectivity index (χ0) is 13.8. The first-order valence-electron chi connectivity index (χ1n) is 7.05. The van der Waals surface area contributed by atoms with Crippen LogP contribution in [0.4, 0.5) is 0 Å². The Bertz CT molecular complexity index is 379. The molecule has 2 unspecified atom stereocenters. The van der Waals surface area contributed by atoms with Crippen LogP contribution < -0.4 is 0 Å². The number of benzene rings is 1. The molecule has 0 amide bonds. The van der Waals surface area contributed by atoms with E-state index in [1.54, 1.807) is 0 Å². The lowest BCUT2D eigenvalue weighted by atomic mass is 9.82. The van der Waals surface area contributed by atoms with Crippen LogP contribution in [0.25, 0.3) is 0 Å². The number of hydrogen-bond acceptors (Lipinski definition) is 3. The minimum Gasteiger partial charge on any atom is -0.394 e. The van der Waals surface area contributed by atoms with Crippen LogP contribution in [0, 0.1) is 11.8 Å². The summed E-state index contributed by atoms with van der Waals surface area (Å²) >= 11 is 0. The van der Waals surface area contributed by atoms with Crippen LogP contribution in [0.5, 0.6) is 0 Å². The van der Waals surface area contributed by atoms with Crippen LogP contribution >= 0.6 is 0 Å². The first-order chi connectivity index (χ1) is 9.13. The molecule has 106 valence electrons. The maximum atomic E-state index is 9.33. The lowest BCUT2D eigenvalue weighted by Gasteiger charge is -2.43. The van der Waals surface area contributed by atoms with Gasteiger partial charge in [-0.15, -0.1) is 0 Å². The van der Waals surface area contributed by atoms with Crippen molar-refractivity contribution in [1.82, 2.24) is 0 Å². The lowest BCUT2D eigenvalue weighted by Crippen LogP contribution is -2.50. The van der Waals surface area contributed by atoms with Crippen molar-refractivity contribution in [3.8, 4) is 0 Å². The van der Waals surface area contributed by atoms with Gasteiger partial charge in [0, 0.05) is 0 Å². The van der Waals surface area contributed by atoms with Crippen LogP contribution in [-0.4, -0.2) is 30.0 Å². The van der Waals surface area contributed by atoms with Crippen molar-refractivity contribution in [3.63, 3.8) is 0 Å². The zero-order valence-electron chi connectivity index (χ0n) is 12.0. The van der Waals surface area contributed by atoms with Crippen molar-refractivity contribution >= 4 is 0 Å². The monoisotopic (exact) mass is 264 g/mol. The molecule has 3 nitrogen and oxygen atoms in total. The second kappa shape index (κ2) is 6.51. The molecule has 3 heteroatoms. The standard InChI is InChI=1S/C16H24O3/c1-11-12(2)16(13(3)19-15(11)9-17)18-10-14-7-5-4-6-8-14/h4-8,11-13,15-17H,9-10H2,1-3H3/t11-,12-,13-,15?,16?/m0/s1. The molecule has 0 bridgehead atoms. The maximum Gasteiger partial charge on any atom is 0.0867 e. The van der Waals surface area contributed by atoms with Crippen LogP contribution in [-0.2, 0) is 16.1 Å². The molecule has 1 heterocycles. The van der Waals surface area contributed by atoms with Gasteiger partial charge in [-0.1, -0.05) is 44.2 Å². The Morgan fingerprint density at radius 2 is 1.79 bits per heavy atom. The van der Waals surface area contributed by atoms with Gasteiger partial charge in [0.15, 0.2) is 0 Å². The highest BCUT2D eigenvalue weighted by Crippen LogP contribution is 2.32. The Labute approximate surface area is 115 Å². The second-order valence-corrected chi connectivity index (χ2v) is 5.54. The fourth-order valence-electron chi connectivity index (χ4n) is 2.81. The minimum atomic E-state index is -0.0680. The van der Waals surface area contributed by atoms with Crippen molar-refractivity contribution in [3.05, 3.63) is 35.9 Å². The van der Waals surface area contributed by atoms with E-state index in [0.29, 0.717) is 18.4 Å². The minimum absolute atomic E-state index is 0.0204. The summed E-state index contributed by atoms with van der Waals surface area (Å²) in [5, 5.41) is 9.33. The van der Waals surface area contributed by atoms with Gasteiger partial charge in [0.1, 0.15) is 0 Å². The molecule has 2 rings (SSSR count). The lowest BCUT2D eigenvalue weighted by molar-refractivity contribution is -0.192. The Balaban J connectivity index is 1.96. The Hall–Kier alpha value is -0.900. The van der Waals surface area contributed by atoms with Gasteiger partial charge in [-0.05, 0) is 24.3 Å². The van der Waals surface area contributed by atoms with Crippen molar-refractivity contribution in [2.45, 2.75) is 45.7 Å². The first kappa shape index (κ1) is 14.5. The van der Waals surface area contributed by atoms with E-state index in [1.165, 1.54) is 5.56 Å². The molecule has 0 aliphatic carbocycles. The van der Waals surface area contributed by atoms with E-state index in [9.17, 15) is 5.11 Å². The molecule has 0 radical (unpaired) electrons.